The molecular formula is C16H27N3O2. The first-order chi connectivity index (χ1) is 10.0. The molecule has 0 heterocycles. The zero-order valence-electron chi connectivity index (χ0n) is 13.2. The number of carbonyl (C=O) groups excluding carboxylic acids is 1. The molecular weight excluding hydrogens is 266 g/mol. The predicted octanol–water partition coefficient (Wildman–Crippen LogP) is 2.23. The monoisotopic (exact) mass is 293 g/mol. The van der Waals surface area contributed by atoms with Gasteiger partial charge in [-0.2, -0.15) is 0 Å². The summed E-state index contributed by atoms with van der Waals surface area (Å²) in [5.41, 5.74) is 7.72. The van der Waals surface area contributed by atoms with Crippen LogP contribution in [0.25, 0.3) is 0 Å². The third kappa shape index (κ3) is 4.36. The summed E-state index contributed by atoms with van der Waals surface area (Å²) >= 11 is 0. The molecule has 21 heavy (non-hydrogen) atoms. The lowest BCUT2D eigenvalue weighted by Crippen LogP contribution is -2.32. The molecule has 0 spiro atoms. The fourth-order valence-electron chi connectivity index (χ4n) is 2.18. The largest absolute Gasteiger partial charge is 0.397 e. The smallest absolute Gasteiger partial charge is 0.251 e. The number of nitrogens with two attached hydrogens (primary N) is 1. The quantitative estimate of drug-likeness (QED) is 0.554. The summed E-state index contributed by atoms with van der Waals surface area (Å²) in [7, 11) is 0. The summed E-state index contributed by atoms with van der Waals surface area (Å²) in [5.74, 6) is -0.111. The van der Waals surface area contributed by atoms with E-state index in [0.29, 0.717) is 24.3 Å². The zero-order chi connectivity index (χ0) is 15.9. The van der Waals surface area contributed by atoms with Crippen molar-refractivity contribution in [1.82, 2.24) is 5.32 Å². The highest BCUT2D eigenvalue weighted by atomic mass is 16.3. The molecule has 1 amide bonds. The lowest BCUT2D eigenvalue weighted by atomic mass is 9.83. The topological polar surface area (TPSA) is 87.4 Å². The average Bonchev–Trinajstić information content (AvgIpc) is 2.51. The van der Waals surface area contributed by atoms with Crippen LogP contribution >= 0.6 is 0 Å². The molecule has 0 radical (unpaired) electrons. The minimum Gasteiger partial charge on any atom is -0.397 e. The zero-order valence-corrected chi connectivity index (χ0v) is 13.2. The molecule has 0 saturated heterocycles. The van der Waals surface area contributed by atoms with Gasteiger partial charge in [0.05, 0.1) is 18.0 Å². The highest BCUT2D eigenvalue weighted by molar-refractivity contribution is 5.96. The second kappa shape index (κ2) is 7.88. The molecule has 5 N–H and O–H groups in total. The van der Waals surface area contributed by atoms with E-state index in [2.05, 4.69) is 24.5 Å². The lowest BCUT2D eigenvalue weighted by molar-refractivity contribution is 0.0956. The van der Waals surface area contributed by atoms with Crippen LogP contribution in [-0.4, -0.2) is 30.7 Å². The van der Waals surface area contributed by atoms with E-state index in [0.717, 1.165) is 18.5 Å². The fourth-order valence-corrected chi connectivity index (χ4v) is 2.18. The number of carbonyl (C=O) groups is 1. The van der Waals surface area contributed by atoms with E-state index in [1.165, 1.54) is 0 Å². The van der Waals surface area contributed by atoms with Gasteiger partial charge in [0.1, 0.15) is 0 Å². The molecule has 0 fully saturated rings. The van der Waals surface area contributed by atoms with Gasteiger partial charge in [0.2, 0.25) is 0 Å². The van der Waals surface area contributed by atoms with Gasteiger partial charge in [-0.3, -0.25) is 4.79 Å². The second-order valence-electron chi connectivity index (χ2n) is 5.38. The predicted molar refractivity (Wildman–Crippen MR) is 87.5 cm³/mol. The first kappa shape index (κ1) is 17.3. The highest BCUT2D eigenvalue weighted by Gasteiger charge is 2.25. The van der Waals surface area contributed by atoms with E-state index in [1.54, 1.807) is 18.2 Å². The molecule has 0 aliphatic heterocycles. The minimum atomic E-state index is -0.159. The summed E-state index contributed by atoms with van der Waals surface area (Å²) in [5, 5.41) is 15.6. The van der Waals surface area contributed by atoms with Crippen molar-refractivity contribution in [3.05, 3.63) is 23.8 Å². The number of amides is 1. The summed E-state index contributed by atoms with van der Waals surface area (Å²) < 4.78 is 0. The maximum absolute atomic E-state index is 11.9. The average molecular weight is 293 g/mol. The Balaban J connectivity index is 2.87. The number of aliphatic hydroxyl groups excluding tert-OH is 1. The molecule has 1 aromatic rings. The van der Waals surface area contributed by atoms with Crippen LogP contribution in [-0.2, 0) is 0 Å². The Morgan fingerprint density at radius 1 is 1.29 bits per heavy atom. The number of aliphatic hydroxyl groups is 1. The van der Waals surface area contributed by atoms with Crippen LogP contribution in [0.5, 0.6) is 0 Å². The molecule has 1 aromatic carbocycles. The SMILES string of the molecule is CCNC(=O)c1ccc(N)c(NCC(CC)(CC)CO)c1. The molecule has 0 unspecified atom stereocenters. The minimum absolute atomic E-state index is 0.111. The van der Waals surface area contributed by atoms with Crippen molar-refractivity contribution < 1.29 is 9.90 Å². The molecule has 1 rings (SSSR count). The number of nitrogens with one attached hydrogen (secondary N) is 2. The van der Waals surface area contributed by atoms with E-state index < -0.39 is 0 Å². The van der Waals surface area contributed by atoms with E-state index >= 15 is 0 Å². The number of hydrogen-bond acceptors (Lipinski definition) is 4. The van der Waals surface area contributed by atoms with Crippen molar-refractivity contribution >= 4 is 17.3 Å². The van der Waals surface area contributed by atoms with Crippen LogP contribution in [0.1, 0.15) is 44.0 Å². The van der Waals surface area contributed by atoms with E-state index in [9.17, 15) is 9.90 Å². The van der Waals surface area contributed by atoms with Crippen molar-refractivity contribution in [2.75, 3.05) is 30.7 Å². The van der Waals surface area contributed by atoms with Crippen molar-refractivity contribution in [2.24, 2.45) is 5.41 Å². The van der Waals surface area contributed by atoms with Gasteiger partial charge in [0, 0.05) is 24.1 Å². The third-order valence-electron chi connectivity index (χ3n) is 4.14. The molecule has 0 aliphatic carbocycles. The number of nitrogen functional groups attached to an aromatic ring is 1. The van der Waals surface area contributed by atoms with Crippen LogP contribution in [0, 0.1) is 5.41 Å². The molecule has 118 valence electrons. The van der Waals surface area contributed by atoms with E-state index in [-0.39, 0.29) is 17.9 Å². The second-order valence-corrected chi connectivity index (χ2v) is 5.38. The van der Waals surface area contributed by atoms with Crippen LogP contribution in [0.4, 0.5) is 11.4 Å². The summed E-state index contributed by atoms with van der Waals surface area (Å²) in [6.07, 6.45) is 1.76. The molecule has 0 aromatic heterocycles. The third-order valence-corrected chi connectivity index (χ3v) is 4.14. The van der Waals surface area contributed by atoms with Crippen LogP contribution in [0.15, 0.2) is 18.2 Å². The van der Waals surface area contributed by atoms with Crippen LogP contribution in [0.3, 0.4) is 0 Å². The van der Waals surface area contributed by atoms with Gasteiger partial charge in [-0.25, -0.2) is 0 Å². The van der Waals surface area contributed by atoms with Gasteiger partial charge >= 0.3 is 0 Å². The Morgan fingerprint density at radius 3 is 2.48 bits per heavy atom. The van der Waals surface area contributed by atoms with Gasteiger partial charge in [0.15, 0.2) is 0 Å². The summed E-state index contributed by atoms with van der Waals surface area (Å²) in [6, 6.07) is 5.20. The lowest BCUT2D eigenvalue weighted by Gasteiger charge is -2.30. The van der Waals surface area contributed by atoms with Gasteiger partial charge in [-0.1, -0.05) is 13.8 Å². The summed E-state index contributed by atoms with van der Waals surface area (Å²) in [6.45, 7) is 7.35. The Hall–Kier alpha value is -1.75. The van der Waals surface area contributed by atoms with Crippen LogP contribution in [0.2, 0.25) is 0 Å². The Labute approximate surface area is 126 Å². The number of rotatable bonds is 8. The van der Waals surface area contributed by atoms with Gasteiger partial charge < -0.3 is 21.5 Å². The van der Waals surface area contributed by atoms with Crippen molar-refractivity contribution in [3.8, 4) is 0 Å². The molecule has 0 aliphatic rings. The molecule has 5 heteroatoms. The highest BCUT2D eigenvalue weighted by Crippen LogP contribution is 2.28. The Bertz CT molecular complexity index is 462. The van der Waals surface area contributed by atoms with Gasteiger partial charge in [0.25, 0.3) is 5.91 Å². The fraction of sp³-hybridized carbons (Fsp3) is 0.562. The molecule has 0 bridgehead atoms. The normalized spacial score (nSPS) is 11.2. The maximum Gasteiger partial charge on any atom is 0.251 e. The molecule has 0 atom stereocenters. The van der Waals surface area contributed by atoms with E-state index in [4.69, 9.17) is 5.73 Å². The molecule has 5 nitrogen and oxygen atoms in total. The number of benzene rings is 1. The standard InChI is InChI=1S/C16H27N3O2/c1-4-16(5-2,11-20)10-19-14-9-12(7-8-13(14)17)15(21)18-6-3/h7-9,19-20H,4-6,10-11,17H2,1-3H3,(H,18,21). The van der Waals surface area contributed by atoms with Crippen LogP contribution < -0.4 is 16.4 Å². The van der Waals surface area contributed by atoms with Crippen molar-refractivity contribution in [1.29, 1.82) is 0 Å². The molecule has 0 saturated carbocycles. The number of anilines is 2. The first-order valence-corrected chi connectivity index (χ1v) is 7.54. The van der Waals surface area contributed by atoms with Crippen molar-refractivity contribution in [3.63, 3.8) is 0 Å². The summed E-state index contributed by atoms with van der Waals surface area (Å²) in [4.78, 5) is 11.9. The Morgan fingerprint density at radius 2 is 1.95 bits per heavy atom. The van der Waals surface area contributed by atoms with Gasteiger partial charge in [-0.05, 0) is 38.0 Å². The number of hydrogen-bond donors (Lipinski definition) is 4. The van der Waals surface area contributed by atoms with E-state index in [1.807, 2.05) is 6.92 Å². The first-order valence-electron chi connectivity index (χ1n) is 7.54. The Kier molecular flexibility index (Phi) is 6.49. The van der Waals surface area contributed by atoms with Crippen molar-refractivity contribution in [2.45, 2.75) is 33.6 Å². The van der Waals surface area contributed by atoms with Gasteiger partial charge in [-0.15, -0.1) is 0 Å². The maximum atomic E-state index is 11.9.